The summed E-state index contributed by atoms with van der Waals surface area (Å²) in [5.74, 6) is -1.89. The molecule has 3 N–H and O–H groups in total. The van der Waals surface area contributed by atoms with Crippen molar-refractivity contribution in [2.75, 3.05) is 0 Å². The van der Waals surface area contributed by atoms with Crippen LogP contribution in [-0.4, -0.2) is 29.2 Å². The van der Waals surface area contributed by atoms with Crippen molar-refractivity contribution in [3.63, 3.8) is 0 Å². The Kier molecular flexibility index (Phi) is 3.53. The van der Waals surface area contributed by atoms with E-state index in [1.165, 1.54) is 13.8 Å². The van der Waals surface area contributed by atoms with Crippen LogP contribution < -0.4 is 5.73 Å². The minimum atomic E-state index is -1.18. The number of aliphatic carboxylic acids is 1. The number of carboxylic acid groups (broad SMARTS) is 1. The smallest absolute Gasteiger partial charge is 0.344 e. The van der Waals surface area contributed by atoms with Gasteiger partial charge in [-0.2, -0.15) is 0 Å². The van der Waals surface area contributed by atoms with Crippen LogP contribution in [0, 0.1) is 0 Å². The summed E-state index contributed by atoms with van der Waals surface area (Å²) in [6, 6.07) is -0.781. The average Bonchev–Trinajstić information content (AvgIpc) is 1.87. The molecular weight excluding hydrogens is 150 g/mol. The third kappa shape index (κ3) is 3.57. The van der Waals surface area contributed by atoms with E-state index in [-0.39, 0.29) is 0 Å². The van der Waals surface area contributed by atoms with Crippen LogP contribution in [-0.2, 0) is 14.3 Å². The quantitative estimate of drug-likeness (QED) is 0.537. The molecule has 64 valence electrons. The lowest BCUT2D eigenvalue weighted by Crippen LogP contribution is -2.34. The molecule has 0 spiro atoms. The average molecular weight is 161 g/mol. The van der Waals surface area contributed by atoms with Crippen molar-refractivity contribution < 1.29 is 19.4 Å². The van der Waals surface area contributed by atoms with Gasteiger partial charge in [0, 0.05) is 0 Å². The number of hydrogen-bond acceptors (Lipinski definition) is 4. The summed E-state index contributed by atoms with van der Waals surface area (Å²) in [5, 5.41) is 8.29. The summed E-state index contributed by atoms with van der Waals surface area (Å²) < 4.78 is 4.41. The predicted octanol–water partition coefficient (Wildman–Crippen LogP) is -0.650. The molecule has 5 heteroatoms. The van der Waals surface area contributed by atoms with Crippen molar-refractivity contribution in [3.05, 3.63) is 0 Å². The lowest BCUT2D eigenvalue weighted by Gasteiger charge is -2.09. The van der Waals surface area contributed by atoms with Gasteiger partial charge < -0.3 is 15.6 Å². The van der Waals surface area contributed by atoms with Gasteiger partial charge in [0.15, 0.2) is 6.10 Å². The molecule has 0 rings (SSSR count). The second kappa shape index (κ2) is 3.92. The van der Waals surface area contributed by atoms with Gasteiger partial charge in [-0.15, -0.1) is 0 Å². The molecule has 0 fully saturated rings. The molecule has 0 amide bonds. The summed E-state index contributed by atoms with van der Waals surface area (Å²) in [4.78, 5) is 20.8. The first-order chi connectivity index (χ1) is 4.95. The van der Waals surface area contributed by atoms with Gasteiger partial charge in [0.1, 0.15) is 6.04 Å². The van der Waals surface area contributed by atoms with E-state index in [2.05, 4.69) is 4.74 Å². The molecule has 0 bridgehead atoms. The first-order valence-electron chi connectivity index (χ1n) is 3.14. The standard InChI is InChI=1S/C6H11NO4/c1-3(7)6(10)11-4(2)5(8)9/h3-4H,7H2,1-2H3,(H,8,9). The van der Waals surface area contributed by atoms with Gasteiger partial charge in [0.2, 0.25) is 0 Å². The van der Waals surface area contributed by atoms with Crippen LogP contribution in [0.25, 0.3) is 0 Å². The fourth-order valence-corrected chi connectivity index (χ4v) is 0.332. The van der Waals surface area contributed by atoms with Crippen molar-refractivity contribution >= 4 is 11.9 Å². The van der Waals surface area contributed by atoms with Crippen LogP contribution in [0.2, 0.25) is 0 Å². The molecule has 0 heterocycles. The van der Waals surface area contributed by atoms with Gasteiger partial charge in [0.25, 0.3) is 0 Å². The molecule has 0 saturated carbocycles. The molecule has 0 aromatic rings. The lowest BCUT2D eigenvalue weighted by molar-refractivity contribution is -0.163. The number of nitrogens with two attached hydrogens (primary N) is 1. The summed E-state index contributed by atoms with van der Waals surface area (Å²) in [6.45, 7) is 2.69. The minimum Gasteiger partial charge on any atom is -0.479 e. The van der Waals surface area contributed by atoms with Crippen molar-refractivity contribution in [2.24, 2.45) is 5.73 Å². The van der Waals surface area contributed by atoms with E-state index in [4.69, 9.17) is 10.8 Å². The van der Waals surface area contributed by atoms with Gasteiger partial charge in [-0.25, -0.2) is 4.79 Å². The fraction of sp³-hybridized carbons (Fsp3) is 0.667. The molecule has 5 nitrogen and oxygen atoms in total. The highest BCUT2D eigenvalue weighted by molar-refractivity contribution is 5.80. The van der Waals surface area contributed by atoms with Gasteiger partial charge in [-0.3, -0.25) is 4.79 Å². The van der Waals surface area contributed by atoms with Crippen LogP contribution >= 0.6 is 0 Å². The molecule has 0 aliphatic heterocycles. The molecule has 2 unspecified atom stereocenters. The van der Waals surface area contributed by atoms with E-state index >= 15 is 0 Å². The largest absolute Gasteiger partial charge is 0.479 e. The zero-order valence-electron chi connectivity index (χ0n) is 6.40. The highest BCUT2D eigenvalue weighted by atomic mass is 16.6. The topological polar surface area (TPSA) is 89.6 Å². The maximum atomic E-state index is 10.6. The Balaban J connectivity index is 3.85. The number of carboxylic acids is 1. The molecule has 2 atom stereocenters. The SMILES string of the molecule is CC(N)C(=O)OC(C)C(=O)O. The zero-order chi connectivity index (χ0) is 9.02. The van der Waals surface area contributed by atoms with E-state index in [1.54, 1.807) is 0 Å². The molecule has 0 saturated heterocycles. The van der Waals surface area contributed by atoms with E-state index in [1.807, 2.05) is 0 Å². The van der Waals surface area contributed by atoms with Crippen LogP contribution in [0.15, 0.2) is 0 Å². The van der Waals surface area contributed by atoms with Crippen molar-refractivity contribution in [3.8, 4) is 0 Å². The Hall–Kier alpha value is -1.10. The zero-order valence-corrected chi connectivity index (χ0v) is 6.40. The number of carbonyl (C=O) groups is 2. The molecule has 0 aliphatic carbocycles. The molecular formula is C6H11NO4. The summed E-state index contributed by atoms with van der Waals surface area (Å²) in [5.41, 5.74) is 5.12. The summed E-state index contributed by atoms with van der Waals surface area (Å²) in [7, 11) is 0. The third-order valence-electron chi connectivity index (χ3n) is 1.01. The number of hydrogen-bond donors (Lipinski definition) is 2. The van der Waals surface area contributed by atoms with Gasteiger partial charge in [-0.05, 0) is 13.8 Å². The minimum absolute atomic E-state index is 0.708. The maximum absolute atomic E-state index is 10.6. The van der Waals surface area contributed by atoms with E-state index in [0.717, 1.165) is 0 Å². The molecule has 0 aliphatic rings. The highest BCUT2D eigenvalue weighted by Crippen LogP contribution is 1.93. The third-order valence-corrected chi connectivity index (χ3v) is 1.01. The molecule has 0 aromatic heterocycles. The Morgan fingerprint density at radius 1 is 1.45 bits per heavy atom. The summed E-state index contributed by atoms with van der Waals surface area (Å²) in [6.07, 6.45) is -1.13. The predicted molar refractivity (Wildman–Crippen MR) is 36.8 cm³/mol. The monoisotopic (exact) mass is 161 g/mol. The van der Waals surface area contributed by atoms with E-state index < -0.39 is 24.1 Å². The second-order valence-corrected chi connectivity index (χ2v) is 2.21. The highest BCUT2D eigenvalue weighted by Gasteiger charge is 2.18. The Bertz CT molecular complexity index is 166. The Labute approximate surface area is 64.1 Å². The van der Waals surface area contributed by atoms with Crippen molar-refractivity contribution in [1.29, 1.82) is 0 Å². The van der Waals surface area contributed by atoms with Gasteiger partial charge >= 0.3 is 11.9 Å². The van der Waals surface area contributed by atoms with Crippen LogP contribution in [0.5, 0.6) is 0 Å². The summed E-state index contributed by atoms with van der Waals surface area (Å²) >= 11 is 0. The number of esters is 1. The number of ether oxygens (including phenoxy) is 1. The van der Waals surface area contributed by atoms with E-state index in [9.17, 15) is 9.59 Å². The number of carbonyl (C=O) groups excluding carboxylic acids is 1. The Morgan fingerprint density at radius 3 is 2.18 bits per heavy atom. The lowest BCUT2D eigenvalue weighted by atomic mass is 10.3. The Morgan fingerprint density at radius 2 is 1.91 bits per heavy atom. The second-order valence-electron chi connectivity index (χ2n) is 2.21. The maximum Gasteiger partial charge on any atom is 0.344 e. The fourth-order valence-electron chi connectivity index (χ4n) is 0.332. The molecule has 11 heavy (non-hydrogen) atoms. The first kappa shape index (κ1) is 9.90. The normalized spacial score (nSPS) is 15.2. The van der Waals surface area contributed by atoms with Crippen LogP contribution in [0.3, 0.4) is 0 Å². The van der Waals surface area contributed by atoms with Crippen molar-refractivity contribution in [1.82, 2.24) is 0 Å². The van der Waals surface area contributed by atoms with Crippen LogP contribution in [0.4, 0.5) is 0 Å². The van der Waals surface area contributed by atoms with Crippen molar-refractivity contribution in [2.45, 2.75) is 26.0 Å². The molecule has 0 radical (unpaired) electrons. The van der Waals surface area contributed by atoms with Gasteiger partial charge in [-0.1, -0.05) is 0 Å². The first-order valence-corrected chi connectivity index (χ1v) is 3.14. The van der Waals surface area contributed by atoms with E-state index in [0.29, 0.717) is 0 Å². The number of rotatable bonds is 3. The van der Waals surface area contributed by atoms with Crippen LogP contribution in [0.1, 0.15) is 13.8 Å². The van der Waals surface area contributed by atoms with Gasteiger partial charge in [0.05, 0.1) is 0 Å². The molecule has 0 aromatic carbocycles.